The van der Waals surface area contributed by atoms with Gasteiger partial charge in [0.1, 0.15) is 0 Å². The fourth-order valence-corrected chi connectivity index (χ4v) is 2.08. The van der Waals surface area contributed by atoms with E-state index in [1.54, 1.807) is 31.2 Å². The first-order chi connectivity index (χ1) is 11.0. The number of nitrogens with one attached hydrogen (secondary N) is 1. The Labute approximate surface area is 142 Å². The van der Waals surface area contributed by atoms with E-state index in [0.29, 0.717) is 16.7 Å². The van der Waals surface area contributed by atoms with Crippen LogP contribution in [0.25, 0.3) is 0 Å². The van der Waals surface area contributed by atoms with E-state index >= 15 is 0 Å². The van der Waals surface area contributed by atoms with E-state index in [-0.39, 0.29) is 23.6 Å². The molecular weight excluding hydrogens is 369 g/mol. The minimum Gasteiger partial charge on any atom is -0.478 e. The van der Waals surface area contributed by atoms with E-state index in [1.165, 1.54) is 12.1 Å². The zero-order chi connectivity index (χ0) is 17.2. The number of amides is 1. The zero-order valence-electron chi connectivity index (χ0n) is 12.5. The van der Waals surface area contributed by atoms with Gasteiger partial charge < -0.3 is 15.2 Å². The number of hydrogen-bond donors (Lipinski definition) is 2. The lowest BCUT2D eigenvalue weighted by molar-refractivity contribution is -0.115. The van der Waals surface area contributed by atoms with Crippen molar-refractivity contribution in [2.45, 2.75) is 19.8 Å². The average molecular weight is 386 g/mol. The maximum atomic E-state index is 12.0. The van der Waals surface area contributed by atoms with E-state index < -0.39 is 12.8 Å². The summed E-state index contributed by atoms with van der Waals surface area (Å²) >= 11 is 3.18. The lowest BCUT2D eigenvalue weighted by Gasteiger charge is -2.08. The Bertz CT molecular complexity index is 629. The van der Waals surface area contributed by atoms with Gasteiger partial charge in [0.05, 0.1) is 17.0 Å². The smallest absolute Gasteiger partial charge is 0.337 e. The lowest BCUT2D eigenvalue weighted by Crippen LogP contribution is -2.13. The van der Waals surface area contributed by atoms with Gasteiger partial charge in [-0.3, -0.25) is 4.79 Å². The monoisotopic (exact) mass is 385 g/mol. The predicted octanol–water partition coefficient (Wildman–Crippen LogP) is 4.27. The summed E-state index contributed by atoms with van der Waals surface area (Å²) in [6, 6.07) is 4.58. The number of carbonyl (C=O) groups is 2. The summed E-state index contributed by atoms with van der Waals surface area (Å²) in [5, 5.41) is 11.7. The highest BCUT2D eigenvalue weighted by molar-refractivity contribution is 9.10. The Balaban J connectivity index is 2.59. The largest absolute Gasteiger partial charge is 0.478 e. The van der Waals surface area contributed by atoms with Gasteiger partial charge in [0.2, 0.25) is 12.8 Å². The first-order valence-corrected chi connectivity index (χ1v) is 7.58. The molecule has 0 atom stereocenters. The molecule has 0 saturated carbocycles. The van der Waals surface area contributed by atoms with Gasteiger partial charge in [-0.05, 0) is 31.2 Å². The van der Waals surface area contributed by atoms with Gasteiger partial charge in [-0.2, -0.15) is 0 Å². The molecule has 1 aromatic rings. The van der Waals surface area contributed by atoms with Crippen molar-refractivity contribution in [1.82, 2.24) is 0 Å². The van der Waals surface area contributed by atoms with Gasteiger partial charge in [-0.1, -0.05) is 28.1 Å². The van der Waals surface area contributed by atoms with Crippen LogP contribution in [0.1, 0.15) is 30.1 Å². The molecule has 0 aliphatic heterocycles. The molecule has 0 radical (unpaired) electrons. The van der Waals surface area contributed by atoms with Gasteiger partial charge in [0, 0.05) is 17.3 Å². The number of carboxylic acids is 1. The van der Waals surface area contributed by atoms with Crippen molar-refractivity contribution in [2.75, 3.05) is 12.2 Å². The van der Waals surface area contributed by atoms with Crippen molar-refractivity contribution in [3.8, 4) is 0 Å². The summed E-state index contributed by atoms with van der Waals surface area (Å²) < 4.78 is 17.4. The average Bonchev–Trinajstić information content (AvgIpc) is 2.51. The van der Waals surface area contributed by atoms with Gasteiger partial charge in [-0.15, -0.1) is 0 Å². The highest BCUT2D eigenvalue weighted by Crippen LogP contribution is 2.21. The van der Waals surface area contributed by atoms with Gasteiger partial charge in [0.15, 0.2) is 0 Å². The second-order valence-corrected chi connectivity index (χ2v) is 5.35. The summed E-state index contributed by atoms with van der Waals surface area (Å²) in [6.45, 7) is 0.835. The number of ether oxygens (including phenoxy) is 1. The Kier molecular flexibility index (Phi) is 8.04. The van der Waals surface area contributed by atoms with Crippen LogP contribution in [-0.2, 0) is 9.53 Å². The minimum atomic E-state index is -1.13. The molecular formula is C16H17BrFNO4. The standard InChI is InChI=1S/C16H17BrFNO4/c1-2-12(23-10-18)5-3-4-6-15(20)19-14-8-7-11(17)9-13(14)16(21)22/h2-4,7-9H,5-6,10H2,1H3,(H,19,20)(H,21,22)/b4-3-,12-2+. The highest BCUT2D eigenvalue weighted by atomic mass is 79.9. The Morgan fingerprint density at radius 2 is 2.04 bits per heavy atom. The number of aromatic carboxylic acids is 1. The van der Waals surface area contributed by atoms with Crippen LogP contribution in [-0.4, -0.2) is 23.8 Å². The molecule has 0 unspecified atom stereocenters. The van der Waals surface area contributed by atoms with E-state index in [4.69, 9.17) is 9.84 Å². The maximum absolute atomic E-state index is 12.0. The molecule has 0 heterocycles. The van der Waals surface area contributed by atoms with E-state index in [9.17, 15) is 14.0 Å². The molecule has 0 aliphatic rings. The third kappa shape index (κ3) is 6.65. The van der Waals surface area contributed by atoms with Crippen LogP contribution in [0.4, 0.5) is 10.1 Å². The quantitative estimate of drug-likeness (QED) is 0.517. The summed E-state index contributed by atoms with van der Waals surface area (Å²) in [4.78, 5) is 23.0. The second kappa shape index (κ2) is 9.78. The predicted molar refractivity (Wildman–Crippen MR) is 88.9 cm³/mol. The molecule has 124 valence electrons. The van der Waals surface area contributed by atoms with Crippen molar-refractivity contribution in [1.29, 1.82) is 0 Å². The molecule has 0 saturated heterocycles. The summed E-state index contributed by atoms with van der Waals surface area (Å²) in [5.41, 5.74) is 0.234. The summed E-state index contributed by atoms with van der Waals surface area (Å²) in [7, 11) is 0. The number of rotatable bonds is 8. The SMILES string of the molecule is C/C=C(\C/C=C\CC(=O)Nc1ccc(Br)cc1C(=O)O)OCF. The van der Waals surface area contributed by atoms with Crippen LogP contribution < -0.4 is 5.32 Å². The fraction of sp³-hybridized carbons (Fsp3) is 0.250. The molecule has 0 spiro atoms. The van der Waals surface area contributed by atoms with Crippen molar-refractivity contribution in [2.24, 2.45) is 0 Å². The van der Waals surface area contributed by atoms with Crippen molar-refractivity contribution >= 4 is 33.5 Å². The lowest BCUT2D eigenvalue weighted by atomic mass is 10.1. The first-order valence-electron chi connectivity index (χ1n) is 6.79. The fourth-order valence-electron chi connectivity index (χ4n) is 1.72. The highest BCUT2D eigenvalue weighted by Gasteiger charge is 2.12. The molecule has 0 aliphatic carbocycles. The van der Waals surface area contributed by atoms with Crippen LogP contribution >= 0.6 is 15.9 Å². The number of alkyl halides is 1. The van der Waals surface area contributed by atoms with Crippen LogP contribution in [0.2, 0.25) is 0 Å². The third-order valence-corrected chi connectivity index (χ3v) is 3.33. The molecule has 23 heavy (non-hydrogen) atoms. The molecule has 7 heteroatoms. The summed E-state index contributed by atoms with van der Waals surface area (Å²) in [6.07, 6.45) is 5.39. The summed E-state index contributed by atoms with van der Waals surface area (Å²) in [5.74, 6) is -0.997. The Morgan fingerprint density at radius 3 is 2.65 bits per heavy atom. The maximum Gasteiger partial charge on any atom is 0.337 e. The number of carbonyl (C=O) groups excluding carboxylic acids is 1. The first kappa shape index (κ1) is 18.9. The Hall–Kier alpha value is -2.15. The van der Waals surface area contributed by atoms with Crippen LogP contribution in [0.5, 0.6) is 0 Å². The number of benzene rings is 1. The van der Waals surface area contributed by atoms with Crippen LogP contribution in [0.15, 0.2) is 46.7 Å². The molecule has 0 bridgehead atoms. The number of anilines is 1. The molecule has 5 nitrogen and oxygen atoms in total. The third-order valence-electron chi connectivity index (χ3n) is 2.84. The van der Waals surface area contributed by atoms with E-state index in [0.717, 1.165) is 0 Å². The molecule has 0 aromatic heterocycles. The van der Waals surface area contributed by atoms with Crippen molar-refractivity contribution < 1.29 is 23.8 Å². The minimum absolute atomic E-state index is 0.00394. The van der Waals surface area contributed by atoms with Gasteiger partial charge in [-0.25, -0.2) is 9.18 Å². The number of hydrogen-bond acceptors (Lipinski definition) is 3. The van der Waals surface area contributed by atoms with Crippen molar-refractivity contribution in [3.63, 3.8) is 0 Å². The number of halogens is 2. The topological polar surface area (TPSA) is 75.6 Å². The normalized spacial score (nSPS) is 11.5. The molecule has 1 rings (SSSR count). The van der Waals surface area contributed by atoms with E-state index in [2.05, 4.69) is 21.2 Å². The Morgan fingerprint density at radius 1 is 1.35 bits per heavy atom. The van der Waals surface area contributed by atoms with Gasteiger partial charge in [0.25, 0.3) is 0 Å². The molecule has 1 aromatic carbocycles. The second-order valence-electron chi connectivity index (χ2n) is 4.43. The zero-order valence-corrected chi connectivity index (χ0v) is 14.1. The van der Waals surface area contributed by atoms with Crippen molar-refractivity contribution in [3.05, 3.63) is 52.2 Å². The molecule has 1 amide bonds. The van der Waals surface area contributed by atoms with Crippen LogP contribution in [0, 0.1) is 0 Å². The molecule has 0 fully saturated rings. The molecule has 2 N–H and O–H groups in total. The van der Waals surface area contributed by atoms with E-state index in [1.807, 2.05) is 0 Å². The van der Waals surface area contributed by atoms with Crippen LogP contribution in [0.3, 0.4) is 0 Å². The number of allylic oxidation sites excluding steroid dienone is 2. The van der Waals surface area contributed by atoms with Gasteiger partial charge >= 0.3 is 5.97 Å². The number of carboxylic acid groups (broad SMARTS) is 1.